The van der Waals surface area contributed by atoms with E-state index in [4.69, 9.17) is 27.6 Å². The molecule has 0 bridgehead atoms. The predicted molar refractivity (Wildman–Crippen MR) is 149 cm³/mol. The van der Waals surface area contributed by atoms with Crippen LogP contribution in [-0.4, -0.2) is 47.4 Å². The minimum atomic E-state index is -3.78. The Labute approximate surface area is 222 Å². The topological polar surface area (TPSA) is 58.6 Å². The van der Waals surface area contributed by atoms with E-state index >= 15 is 0 Å². The van der Waals surface area contributed by atoms with Crippen LogP contribution in [-0.2, 0) is 14.4 Å². The molecule has 0 radical (unpaired) electrons. The number of nitrogens with one attached hydrogen (secondary N) is 1. The average Bonchev–Trinajstić information content (AvgIpc) is 3.18. The van der Waals surface area contributed by atoms with E-state index in [1.165, 1.54) is 0 Å². The van der Waals surface area contributed by atoms with E-state index in [0.717, 1.165) is 25.1 Å². The number of halogens is 2. The Morgan fingerprint density at radius 3 is 2.26 bits per heavy atom. The molecule has 1 fully saturated rings. The van der Waals surface area contributed by atoms with Crippen molar-refractivity contribution < 1.29 is 12.8 Å². The van der Waals surface area contributed by atoms with Gasteiger partial charge in [-0.2, -0.15) is 0 Å². The maximum atomic E-state index is 13.5. The highest BCUT2D eigenvalue weighted by Gasteiger charge is 2.41. The second-order valence-corrected chi connectivity index (χ2v) is 18.6. The fourth-order valence-electron chi connectivity index (χ4n) is 4.16. The minimum Gasteiger partial charge on any atom is -0.413 e. The van der Waals surface area contributed by atoms with Crippen molar-refractivity contribution in [2.45, 2.75) is 69.6 Å². The van der Waals surface area contributed by atoms with E-state index in [0.29, 0.717) is 22.2 Å². The number of nitrogens with zero attached hydrogens (tertiary/aromatic N) is 1. The molecule has 0 aliphatic carbocycles. The molecule has 3 atom stereocenters. The quantitative estimate of drug-likeness (QED) is 0.344. The van der Waals surface area contributed by atoms with Crippen LogP contribution in [0.2, 0.25) is 28.2 Å². The third-order valence-electron chi connectivity index (χ3n) is 7.32. The van der Waals surface area contributed by atoms with Crippen molar-refractivity contribution in [3.63, 3.8) is 0 Å². The maximum Gasteiger partial charge on any atom is 0.219 e. The lowest BCUT2D eigenvalue weighted by Crippen LogP contribution is -2.45. The normalized spacial score (nSPS) is 19.6. The lowest BCUT2D eigenvalue weighted by atomic mass is 10.1. The summed E-state index contributed by atoms with van der Waals surface area (Å²) in [5.74, 6) is 0. The van der Waals surface area contributed by atoms with Crippen LogP contribution in [0.3, 0.4) is 0 Å². The van der Waals surface area contributed by atoms with Gasteiger partial charge in [0.1, 0.15) is 5.25 Å². The van der Waals surface area contributed by atoms with Crippen molar-refractivity contribution in [3.8, 4) is 0 Å². The second-order valence-electron chi connectivity index (χ2n) is 11.0. The van der Waals surface area contributed by atoms with Crippen molar-refractivity contribution >= 4 is 41.5 Å². The van der Waals surface area contributed by atoms with Crippen LogP contribution in [0.1, 0.15) is 56.5 Å². The van der Waals surface area contributed by atoms with Crippen molar-refractivity contribution in [1.29, 1.82) is 0 Å². The first-order valence-corrected chi connectivity index (χ1v) is 17.3. The van der Waals surface area contributed by atoms with Gasteiger partial charge in [0.15, 0.2) is 8.32 Å². The summed E-state index contributed by atoms with van der Waals surface area (Å²) in [7, 11) is -5.65. The number of hydrogen-bond donors (Lipinski definition) is 1. The van der Waals surface area contributed by atoms with Gasteiger partial charge in [0.25, 0.3) is 0 Å². The van der Waals surface area contributed by atoms with Gasteiger partial charge in [-0.15, -0.1) is 0 Å². The first-order chi connectivity index (χ1) is 16.2. The van der Waals surface area contributed by atoms with Gasteiger partial charge in [-0.3, -0.25) is 4.90 Å². The zero-order valence-corrected chi connectivity index (χ0v) is 24.8. The fraction of sp³-hybridized carbons (Fsp3) is 0.538. The third kappa shape index (κ3) is 7.10. The molecule has 1 heterocycles. The Morgan fingerprint density at radius 1 is 1.09 bits per heavy atom. The van der Waals surface area contributed by atoms with Gasteiger partial charge < -0.3 is 4.43 Å². The SMILES string of the molecule is CC(c1c(Cl)cccc1Cl)S(=O)(=O)NC(CN1CCC(O[Si](C)(C)C(C)(C)C)C1)c1ccccc1. The van der Waals surface area contributed by atoms with E-state index in [1.807, 2.05) is 30.3 Å². The smallest absolute Gasteiger partial charge is 0.219 e. The maximum absolute atomic E-state index is 13.5. The number of hydrogen-bond acceptors (Lipinski definition) is 4. The van der Waals surface area contributed by atoms with Crippen molar-refractivity contribution in [2.75, 3.05) is 19.6 Å². The van der Waals surface area contributed by atoms with Gasteiger partial charge >= 0.3 is 0 Å². The number of benzene rings is 2. The van der Waals surface area contributed by atoms with E-state index in [1.54, 1.807) is 25.1 Å². The zero-order valence-electron chi connectivity index (χ0n) is 21.5. The summed E-state index contributed by atoms with van der Waals surface area (Å²) in [6, 6.07) is 14.3. The van der Waals surface area contributed by atoms with Gasteiger partial charge in [-0.25, -0.2) is 13.1 Å². The predicted octanol–water partition coefficient (Wildman–Crippen LogP) is 6.81. The molecule has 1 N–H and O–H groups in total. The molecular weight excluding hydrogens is 519 g/mol. The van der Waals surface area contributed by atoms with Crippen molar-refractivity contribution in [2.24, 2.45) is 0 Å². The standard InChI is InChI=1S/C26H38Cl2N2O3SSi/c1-19(25-22(27)13-10-14-23(25)28)34(31,32)29-24(20-11-8-7-9-12-20)18-30-16-15-21(17-30)33-35(5,6)26(2,3)4/h7-14,19,21,24,29H,15-18H2,1-6H3. The van der Waals surface area contributed by atoms with Gasteiger partial charge in [0.05, 0.1) is 12.1 Å². The average molecular weight is 558 g/mol. The molecule has 1 aliphatic heterocycles. The van der Waals surface area contributed by atoms with Gasteiger partial charge in [0, 0.05) is 35.2 Å². The molecule has 5 nitrogen and oxygen atoms in total. The van der Waals surface area contributed by atoms with Crippen molar-refractivity contribution in [1.82, 2.24) is 9.62 Å². The zero-order chi connectivity index (χ0) is 26.0. The molecule has 1 aliphatic rings. The van der Waals surface area contributed by atoms with Gasteiger partial charge in [0.2, 0.25) is 10.0 Å². The summed E-state index contributed by atoms with van der Waals surface area (Å²) in [6.07, 6.45) is 1.12. The number of sulfonamides is 1. The highest BCUT2D eigenvalue weighted by Crippen LogP contribution is 2.39. The van der Waals surface area contributed by atoms with E-state index in [9.17, 15) is 8.42 Å². The van der Waals surface area contributed by atoms with E-state index in [2.05, 4.69) is 43.5 Å². The molecule has 0 spiro atoms. The fourth-order valence-corrected chi connectivity index (χ4v) is 7.77. The number of likely N-dealkylation sites (tertiary alicyclic amines) is 1. The first-order valence-electron chi connectivity index (χ1n) is 12.1. The molecule has 35 heavy (non-hydrogen) atoms. The summed E-state index contributed by atoms with van der Waals surface area (Å²) >= 11 is 12.7. The molecule has 1 saturated heterocycles. The highest BCUT2D eigenvalue weighted by molar-refractivity contribution is 7.89. The Hall–Kier alpha value is -0.933. The molecule has 2 aromatic carbocycles. The summed E-state index contributed by atoms with van der Waals surface area (Å²) < 4.78 is 36.6. The minimum absolute atomic E-state index is 0.152. The lowest BCUT2D eigenvalue weighted by Gasteiger charge is -2.38. The van der Waals surface area contributed by atoms with Gasteiger partial charge in [-0.05, 0) is 49.2 Å². The van der Waals surface area contributed by atoms with Crippen LogP contribution in [0.4, 0.5) is 0 Å². The molecule has 9 heteroatoms. The molecule has 194 valence electrons. The second kappa shape index (κ2) is 11.2. The van der Waals surface area contributed by atoms with Crippen LogP contribution in [0.5, 0.6) is 0 Å². The monoisotopic (exact) mass is 556 g/mol. The molecule has 0 saturated carbocycles. The summed E-state index contributed by atoms with van der Waals surface area (Å²) in [6.45, 7) is 15.1. The van der Waals surface area contributed by atoms with Crippen LogP contribution in [0.15, 0.2) is 48.5 Å². The largest absolute Gasteiger partial charge is 0.413 e. The van der Waals surface area contributed by atoms with Crippen LogP contribution in [0, 0.1) is 0 Å². The molecule has 0 aromatic heterocycles. The third-order valence-corrected chi connectivity index (χ3v) is 14.3. The molecule has 3 rings (SSSR count). The molecule has 3 unspecified atom stereocenters. The molecular formula is C26H38Cl2N2O3SSi. The Kier molecular flexibility index (Phi) is 9.17. The van der Waals surface area contributed by atoms with E-state index in [-0.39, 0.29) is 11.1 Å². The highest BCUT2D eigenvalue weighted by atomic mass is 35.5. The van der Waals surface area contributed by atoms with Crippen LogP contribution < -0.4 is 4.72 Å². The molecule has 2 aromatic rings. The Morgan fingerprint density at radius 2 is 1.69 bits per heavy atom. The summed E-state index contributed by atoms with van der Waals surface area (Å²) in [5, 5.41) is -0.0598. The Balaban J connectivity index is 1.78. The summed E-state index contributed by atoms with van der Waals surface area (Å²) in [4.78, 5) is 2.30. The summed E-state index contributed by atoms with van der Waals surface area (Å²) in [5.41, 5.74) is 1.33. The van der Waals surface area contributed by atoms with Crippen LogP contribution >= 0.6 is 23.2 Å². The van der Waals surface area contributed by atoms with Crippen LogP contribution in [0.25, 0.3) is 0 Å². The van der Waals surface area contributed by atoms with Gasteiger partial charge in [-0.1, -0.05) is 80.4 Å². The Bertz CT molecular complexity index is 1090. The first kappa shape index (κ1) is 28.6. The number of rotatable bonds is 9. The molecule has 0 amide bonds. The lowest BCUT2D eigenvalue weighted by molar-refractivity contribution is 0.178. The van der Waals surface area contributed by atoms with Crippen molar-refractivity contribution in [3.05, 3.63) is 69.7 Å². The van der Waals surface area contributed by atoms with E-state index < -0.39 is 29.6 Å².